The van der Waals surface area contributed by atoms with Crippen LogP contribution in [0.2, 0.25) is 0 Å². The zero-order valence-electron chi connectivity index (χ0n) is 16.7. The minimum atomic E-state index is -4.35. The molecule has 7 heteroatoms. The molecule has 1 fully saturated rings. The van der Waals surface area contributed by atoms with Gasteiger partial charge in [-0.3, -0.25) is 4.79 Å². The predicted octanol–water partition coefficient (Wildman–Crippen LogP) is 5.78. The summed E-state index contributed by atoms with van der Waals surface area (Å²) in [4.78, 5) is 17.3. The van der Waals surface area contributed by atoms with Gasteiger partial charge in [0, 0.05) is 5.92 Å². The Bertz CT molecular complexity index is 868. The van der Waals surface area contributed by atoms with Crippen molar-refractivity contribution < 1.29 is 27.5 Å². The lowest BCUT2D eigenvalue weighted by Gasteiger charge is -2.10. The lowest BCUT2D eigenvalue weighted by molar-refractivity contribution is -0.137. The first-order chi connectivity index (χ1) is 14.3. The van der Waals surface area contributed by atoms with E-state index in [4.69, 9.17) is 9.57 Å². The van der Waals surface area contributed by atoms with Gasteiger partial charge in [0.1, 0.15) is 19.0 Å². The third-order valence-corrected chi connectivity index (χ3v) is 5.18. The average Bonchev–Trinajstić information content (AvgIpc) is 3.27. The predicted molar refractivity (Wildman–Crippen MR) is 107 cm³/mol. The topological polar surface area (TPSA) is 47.9 Å². The second kappa shape index (κ2) is 9.78. The Labute approximate surface area is 173 Å². The van der Waals surface area contributed by atoms with E-state index in [0.29, 0.717) is 17.0 Å². The highest BCUT2D eigenvalue weighted by atomic mass is 19.4. The molecule has 2 aromatic carbocycles. The third-order valence-electron chi connectivity index (χ3n) is 5.18. The Morgan fingerprint density at radius 2 is 1.67 bits per heavy atom. The van der Waals surface area contributed by atoms with Gasteiger partial charge in [0.15, 0.2) is 5.78 Å². The van der Waals surface area contributed by atoms with Gasteiger partial charge in [0.05, 0.1) is 11.3 Å². The maximum atomic E-state index is 12.6. The van der Waals surface area contributed by atoms with Crippen LogP contribution in [-0.4, -0.2) is 18.1 Å². The molecule has 1 saturated carbocycles. The van der Waals surface area contributed by atoms with E-state index in [-0.39, 0.29) is 24.9 Å². The number of alkyl halides is 3. The fraction of sp³-hybridized carbons (Fsp3) is 0.391. The molecule has 30 heavy (non-hydrogen) atoms. The minimum absolute atomic E-state index is 0.0694. The van der Waals surface area contributed by atoms with Crippen LogP contribution in [0.15, 0.2) is 53.7 Å². The molecule has 1 aliphatic carbocycles. The molecule has 0 saturated heterocycles. The molecule has 0 radical (unpaired) electrons. The van der Waals surface area contributed by atoms with Crippen LogP contribution in [0.4, 0.5) is 13.2 Å². The molecule has 0 aromatic heterocycles. The number of benzene rings is 2. The number of hydrogen-bond acceptors (Lipinski definition) is 4. The number of nitrogens with zero attached hydrogens (tertiary/aromatic N) is 1. The van der Waals surface area contributed by atoms with Crippen LogP contribution in [0.5, 0.6) is 5.75 Å². The van der Waals surface area contributed by atoms with E-state index in [1.807, 2.05) is 12.1 Å². The van der Waals surface area contributed by atoms with E-state index in [9.17, 15) is 18.0 Å². The van der Waals surface area contributed by atoms with Crippen LogP contribution >= 0.6 is 0 Å². The van der Waals surface area contributed by atoms with Crippen molar-refractivity contribution in [2.75, 3.05) is 6.61 Å². The Hall–Kier alpha value is -2.83. The summed E-state index contributed by atoms with van der Waals surface area (Å²) in [5.41, 5.74) is 1.33. The largest absolute Gasteiger partial charge is 0.486 e. The van der Waals surface area contributed by atoms with Crippen molar-refractivity contribution in [1.82, 2.24) is 0 Å². The quantitative estimate of drug-likeness (QED) is 0.402. The van der Waals surface area contributed by atoms with Crippen molar-refractivity contribution in [1.29, 1.82) is 0 Å². The van der Waals surface area contributed by atoms with Crippen molar-refractivity contribution in [2.24, 2.45) is 11.1 Å². The van der Waals surface area contributed by atoms with Gasteiger partial charge >= 0.3 is 6.18 Å². The molecule has 0 amide bonds. The van der Waals surface area contributed by atoms with Gasteiger partial charge in [-0.05, 0) is 67.3 Å². The first-order valence-electron chi connectivity index (χ1n) is 9.91. The number of oxime groups is 1. The van der Waals surface area contributed by atoms with Crippen molar-refractivity contribution in [3.63, 3.8) is 0 Å². The van der Waals surface area contributed by atoms with Gasteiger partial charge in [-0.2, -0.15) is 13.2 Å². The molecule has 3 rings (SSSR count). The summed E-state index contributed by atoms with van der Waals surface area (Å²) in [6.45, 7) is 1.93. The van der Waals surface area contributed by atoms with Crippen LogP contribution in [0, 0.1) is 5.92 Å². The van der Waals surface area contributed by atoms with Crippen LogP contribution < -0.4 is 4.74 Å². The maximum Gasteiger partial charge on any atom is 0.416 e. The van der Waals surface area contributed by atoms with Gasteiger partial charge in [-0.15, -0.1) is 0 Å². The summed E-state index contributed by atoms with van der Waals surface area (Å²) in [6.07, 6.45) is -0.199. The van der Waals surface area contributed by atoms with Crippen molar-refractivity contribution in [2.45, 2.75) is 45.4 Å². The summed E-state index contributed by atoms with van der Waals surface area (Å²) in [5, 5.41) is 4.02. The van der Waals surface area contributed by atoms with Crippen LogP contribution in [-0.2, 0) is 22.4 Å². The zero-order valence-corrected chi connectivity index (χ0v) is 16.7. The molecule has 0 atom stereocenters. The number of carbonyl (C=O) groups excluding carboxylic acids is 1. The highest BCUT2D eigenvalue weighted by molar-refractivity contribution is 5.98. The third kappa shape index (κ3) is 6.08. The molecular formula is C23H24F3NO3. The second-order valence-corrected chi connectivity index (χ2v) is 7.41. The number of rotatable bonds is 8. The monoisotopic (exact) mass is 419 g/mol. The Kier molecular flexibility index (Phi) is 7.13. The molecule has 4 nitrogen and oxygen atoms in total. The zero-order chi connectivity index (χ0) is 21.6. The Balaban J connectivity index is 1.48. The first-order valence-corrected chi connectivity index (χ1v) is 9.91. The molecule has 2 aromatic rings. The highest BCUT2D eigenvalue weighted by Gasteiger charge is 2.29. The van der Waals surface area contributed by atoms with Gasteiger partial charge in [0.2, 0.25) is 0 Å². The normalized spacial score (nSPS) is 15.3. The van der Waals surface area contributed by atoms with E-state index < -0.39 is 11.7 Å². The minimum Gasteiger partial charge on any atom is -0.486 e. The Morgan fingerprint density at radius 1 is 1.03 bits per heavy atom. The highest BCUT2D eigenvalue weighted by Crippen LogP contribution is 2.29. The number of carbonyl (C=O) groups is 1. The molecule has 0 N–H and O–H groups in total. The second-order valence-electron chi connectivity index (χ2n) is 7.41. The summed E-state index contributed by atoms with van der Waals surface area (Å²) in [7, 11) is 0. The molecule has 0 aliphatic heterocycles. The molecule has 0 bridgehead atoms. The number of ether oxygens (including phenoxy) is 1. The average molecular weight is 419 g/mol. The van der Waals surface area contributed by atoms with Crippen LogP contribution in [0.1, 0.15) is 49.3 Å². The molecule has 0 spiro atoms. The number of Topliss-reactive ketones (excluding diaryl/α,β-unsaturated/α-hetero) is 1. The molecular weight excluding hydrogens is 395 g/mol. The molecule has 0 heterocycles. The summed E-state index contributed by atoms with van der Waals surface area (Å²) >= 11 is 0. The van der Waals surface area contributed by atoms with Crippen molar-refractivity contribution in [3.8, 4) is 5.75 Å². The van der Waals surface area contributed by atoms with E-state index in [0.717, 1.165) is 43.4 Å². The van der Waals surface area contributed by atoms with Gasteiger partial charge in [-0.1, -0.05) is 30.1 Å². The standard InChI is InChI=1S/C23H24F3NO3/c1-16(27-30-14-17-6-10-20(11-7-17)23(24,25)26)18-8-12-21(13-9-18)29-15-22(28)19-4-2-3-5-19/h6-13,19H,2-5,14-15H2,1H3/b27-16+. The fourth-order valence-corrected chi connectivity index (χ4v) is 3.36. The van der Waals surface area contributed by atoms with Crippen LogP contribution in [0.25, 0.3) is 0 Å². The van der Waals surface area contributed by atoms with Gasteiger partial charge < -0.3 is 9.57 Å². The molecule has 1 aliphatic rings. The lowest BCUT2D eigenvalue weighted by Crippen LogP contribution is -2.19. The Morgan fingerprint density at radius 3 is 2.27 bits per heavy atom. The van der Waals surface area contributed by atoms with Gasteiger partial charge in [-0.25, -0.2) is 0 Å². The summed E-state index contributed by atoms with van der Waals surface area (Å²) < 4.78 is 43.3. The first kappa shape index (κ1) is 21.9. The van der Waals surface area contributed by atoms with Gasteiger partial charge in [0.25, 0.3) is 0 Å². The SMILES string of the molecule is C/C(=N\OCc1ccc(C(F)(F)F)cc1)c1ccc(OCC(=O)C2CCCC2)cc1. The van der Waals surface area contributed by atoms with E-state index in [2.05, 4.69) is 5.16 Å². The summed E-state index contributed by atoms with van der Waals surface area (Å²) in [5.74, 6) is 0.912. The van der Waals surface area contributed by atoms with Crippen molar-refractivity contribution >= 4 is 11.5 Å². The van der Waals surface area contributed by atoms with E-state index >= 15 is 0 Å². The number of halogens is 3. The van der Waals surface area contributed by atoms with E-state index in [1.54, 1.807) is 19.1 Å². The van der Waals surface area contributed by atoms with E-state index in [1.165, 1.54) is 12.1 Å². The van der Waals surface area contributed by atoms with Crippen LogP contribution in [0.3, 0.4) is 0 Å². The summed E-state index contributed by atoms with van der Waals surface area (Å²) in [6, 6.07) is 11.9. The lowest BCUT2D eigenvalue weighted by atomic mass is 10.0. The van der Waals surface area contributed by atoms with Crippen molar-refractivity contribution in [3.05, 3.63) is 65.2 Å². The smallest absolute Gasteiger partial charge is 0.416 e. The maximum absolute atomic E-state index is 12.6. The molecule has 160 valence electrons. The molecule has 0 unspecified atom stereocenters. The number of ketones is 1. The fourth-order valence-electron chi connectivity index (χ4n) is 3.36. The number of hydrogen-bond donors (Lipinski definition) is 0.